The third kappa shape index (κ3) is 1.91. The molecule has 0 unspecified atom stereocenters. The van der Waals surface area contributed by atoms with Crippen molar-refractivity contribution in [1.29, 1.82) is 0 Å². The van der Waals surface area contributed by atoms with Crippen LogP contribution in [-0.2, 0) is 20.6 Å². The summed E-state index contributed by atoms with van der Waals surface area (Å²) in [4.78, 5) is 0. The summed E-state index contributed by atoms with van der Waals surface area (Å²) in [5, 5.41) is 15.7. The van der Waals surface area contributed by atoms with Crippen molar-refractivity contribution in [3.63, 3.8) is 0 Å². The molecule has 6 heteroatoms. The molecule has 86 valence electrons. The number of rotatable bonds is 3. The van der Waals surface area contributed by atoms with Gasteiger partial charge in [-0.25, -0.2) is 0 Å². The van der Waals surface area contributed by atoms with Gasteiger partial charge in [0.1, 0.15) is 5.82 Å². The molecule has 0 aliphatic heterocycles. The molecule has 0 aliphatic rings. The Morgan fingerprint density at radius 1 is 1.25 bits per heavy atom. The van der Waals surface area contributed by atoms with Crippen molar-refractivity contribution >= 4 is 5.69 Å². The Bertz CT molecular complexity index is 493. The summed E-state index contributed by atoms with van der Waals surface area (Å²) in [6, 6.07) is 0. The van der Waals surface area contributed by atoms with Crippen molar-refractivity contribution < 1.29 is 0 Å². The minimum Gasteiger partial charge on any atom is -0.375 e. The number of nitrogens with zero attached hydrogens (tertiary/aromatic N) is 5. The highest BCUT2D eigenvalue weighted by atomic mass is 15.3. The zero-order chi connectivity index (χ0) is 11.7. The Labute approximate surface area is 94.3 Å². The lowest BCUT2D eigenvalue weighted by Gasteiger charge is -2.04. The molecule has 2 aromatic rings. The molecule has 0 atom stereocenters. The first-order valence-electron chi connectivity index (χ1n) is 5.17. The lowest BCUT2D eigenvalue weighted by molar-refractivity contribution is 0.756. The molecule has 0 radical (unpaired) electrons. The molecule has 2 rings (SSSR count). The van der Waals surface area contributed by atoms with E-state index in [1.165, 1.54) is 0 Å². The first kappa shape index (κ1) is 10.7. The van der Waals surface area contributed by atoms with Gasteiger partial charge in [-0.3, -0.25) is 4.68 Å². The number of aromatic nitrogens is 5. The summed E-state index contributed by atoms with van der Waals surface area (Å²) in [5.74, 6) is 1.83. The maximum atomic E-state index is 4.26. The Kier molecular flexibility index (Phi) is 2.64. The van der Waals surface area contributed by atoms with Crippen LogP contribution in [0.4, 0.5) is 5.69 Å². The summed E-state index contributed by atoms with van der Waals surface area (Å²) < 4.78 is 3.76. The predicted molar refractivity (Wildman–Crippen MR) is 61.0 cm³/mol. The average molecular weight is 220 g/mol. The van der Waals surface area contributed by atoms with Gasteiger partial charge in [-0.15, -0.1) is 10.2 Å². The minimum absolute atomic E-state index is 0.657. The molecule has 6 nitrogen and oxygen atoms in total. The van der Waals surface area contributed by atoms with Crippen molar-refractivity contribution in [2.45, 2.75) is 20.4 Å². The van der Waals surface area contributed by atoms with E-state index >= 15 is 0 Å². The van der Waals surface area contributed by atoms with Crippen LogP contribution in [0, 0.1) is 13.8 Å². The largest absolute Gasteiger partial charge is 0.375 e. The molecule has 0 aromatic carbocycles. The average Bonchev–Trinajstić information content (AvgIpc) is 2.70. The standard InChI is InChI=1S/C10H16N6/c1-7-9(6-15(3)14-7)11-5-10-13-12-8(2)16(10)4/h6,11H,5H2,1-4H3. The van der Waals surface area contributed by atoms with E-state index in [1.807, 2.05) is 38.7 Å². The van der Waals surface area contributed by atoms with Crippen LogP contribution >= 0.6 is 0 Å². The van der Waals surface area contributed by atoms with Gasteiger partial charge in [0.25, 0.3) is 0 Å². The molecular formula is C10H16N6. The summed E-state index contributed by atoms with van der Waals surface area (Å²) in [6.45, 7) is 4.57. The molecule has 2 heterocycles. The molecule has 16 heavy (non-hydrogen) atoms. The smallest absolute Gasteiger partial charge is 0.152 e. The summed E-state index contributed by atoms with van der Waals surface area (Å²) in [7, 11) is 3.87. The summed E-state index contributed by atoms with van der Waals surface area (Å²) >= 11 is 0. The monoisotopic (exact) mass is 220 g/mol. The molecular weight excluding hydrogens is 204 g/mol. The molecule has 0 saturated heterocycles. The fraction of sp³-hybridized carbons (Fsp3) is 0.500. The SMILES string of the molecule is Cc1nn(C)cc1NCc1nnc(C)n1C. The van der Waals surface area contributed by atoms with Gasteiger partial charge in [0.2, 0.25) is 0 Å². The van der Waals surface area contributed by atoms with Crippen LogP contribution in [-0.4, -0.2) is 24.5 Å². The van der Waals surface area contributed by atoms with Gasteiger partial charge in [-0.05, 0) is 13.8 Å². The molecule has 0 spiro atoms. The maximum Gasteiger partial charge on any atom is 0.152 e. The van der Waals surface area contributed by atoms with Crippen LogP contribution in [0.25, 0.3) is 0 Å². The fourth-order valence-corrected chi connectivity index (χ4v) is 1.55. The van der Waals surface area contributed by atoms with E-state index in [0.717, 1.165) is 23.0 Å². The third-order valence-electron chi connectivity index (χ3n) is 2.63. The normalized spacial score (nSPS) is 10.8. The number of aryl methyl sites for hydroxylation is 3. The highest BCUT2D eigenvalue weighted by Crippen LogP contribution is 2.12. The van der Waals surface area contributed by atoms with E-state index in [-0.39, 0.29) is 0 Å². The lowest BCUT2D eigenvalue weighted by atomic mass is 10.4. The first-order chi connectivity index (χ1) is 7.58. The molecule has 0 saturated carbocycles. The molecule has 0 bridgehead atoms. The van der Waals surface area contributed by atoms with Gasteiger partial charge in [0.15, 0.2) is 5.82 Å². The van der Waals surface area contributed by atoms with Gasteiger partial charge in [0, 0.05) is 20.3 Å². The number of hydrogen-bond acceptors (Lipinski definition) is 4. The Hall–Kier alpha value is -1.85. The van der Waals surface area contributed by atoms with Crippen molar-refractivity contribution in [2.75, 3.05) is 5.32 Å². The first-order valence-corrected chi connectivity index (χ1v) is 5.17. The Morgan fingerprint density at radius 2 is 2.00 bits per heavy atom. The third-order valence-corrected chi connectivity index (χ3v) is 2.63. The van der Waals surface area contributed by atoms with Crippen LogP contribution in [0.2, 0.25) is 0 Å². The van der Waals surface area contributed by atoms with Crippen LogP contribution in [0.1, 0.15) is 17.3 Å². The Balaban J connectivity index is 2.08. The summed E-state index contributed by atoms with van der Waals surface area (Å²) in [5.41, 5.74) is 2.02. The number of hydrogen-bond donors (Lipinski definition) is 1. The van der Waals surface area contributed by atoms with Crippen LogP contribution in [0.3, 0.4) is 0 Å². The quantitative estimate of drug-likeness (QED) is 0.830. The molecule has 2 aromatic heterocycles. The number of anilines is 1. The van der Waals surface area contributed by atoms with E-state index in [1.54, 1.807) is 4.68 Å². The lowest BCUT2D eigenvalue weighted by Crippen LogP contribution is -2.06. The fourth-order valence-electron chi connectivity index (χ4n) is 1.55. The van der Waals surface area contributed by atoms with Gasteiger partial charge in [0.05, 0.1) is 17.9 Å². The zero-order valence-corrected chi connectivity index (χ0v) is 10.0. The Morgan fingerprint density at radius 3 is 2.50 bits per heavy atom. The minimum atomic E-state index is 0.657. The zero-order valence-electron chi connectivity index (χ0n) is 10.0. The highest BCUT2D eigenvalue weighted by molar-refractivity contribution is 5.45. The molecule has 0 amide bonds. The van der Waals surface area contributed by atoms with Crippen molar-refractivity contribution in [3.05, 3.63) is 23.5 Å². The van der Waals surface area contributed by atoms with E-state index < -0.39 is 0 Å². The highest BCUT2D eigenvalue weighted by Gasteiger charge is 2.06. The van der Waals surface area contributed by atoms with E-state index in [9.17, 15) is 0 Å². The number of nitrogens with one attached hydrogen (secondary N) is 1. The second-order valence-corrected chi connectivity index (χ2v) is 3.88. The predicted octanol–water partition coefficient (Wildman–Crippen LogP) is 0.778. The van der Waals surface area contributed by atoms with Crippen LogP contribution in [0.15, 0.2) is 6.20 Å². The topological polar surface area (TPSA) is 60.6 Å². The van der Waals surface area contributed by atoms with Gasteiger partial charge in [-0.1, -0.05) is 0 Å². The molecule has 0 aliphatic carbocycles. The second kappa shape index (κ2) is 3.96. The van der Waals surface area contributed by atoms with Crippen molar-refractivity contribution in [2.24, 2.45) is 14.1 Å². The van der Waals surface area contributed by atoms with Gasteiger partial charge >= 0.3 is 0 Å². The van der Waals surface area contributed by atoms with Gasteiger partial charge in [-0.2, -0.15) is 5.10 Å². The van der Waals surface area contributed by atoms with Crippen molar-refractivity contribution in [3.8, 4) is 0 Å². The maximum absolute atomic E-state index is 4.26. The molecule has 0 fully saturated rings. The van der Waals surface area contributed by atoms with Crippen LogP contribution in [0.5, 0.6) is 0 Å². The van der Waals surface area contributed by atoms with E-state index in [2.05, 4.69) is 20.6 Å². The van der Waals surface area contributed by atoms with Gasteiger partial charge < -0.3 is 9.88 Å². The van der Waals surface area contributed by atoms with E-state index in [4.69, 9.17) is 0 Å². The second-order valence-electron chi connectivity index (χ2n) is 3.88. The summed E-state index contributed by atoms with van der Waals surface area (Å²) in [6.07, 6.45) is 1.96. The molecule has 1 N–H and O–H groups in total. The van der Waals surface area contributed by atoms with Crippen LogP contribution < -0.4 is 5.32 Å². The van der Waals surface area contributed by atoms with Crippen molar-refractivity contribution in [1.82, 2.24) is 24.5 Å². The van der Waals surface area contributed by atoms with E-state index in [0.29, 0.717) is 6.54 Å².